The van der Waals surface area contributed by atoms with E-state index in [1.54, 1.807) is 11.8 Å². The predicted octanol–water partition coefficient (Wildman–Crippen LogP) is 3.64. The van der Waals surface area contributed by atoms with Gasteiger partial charge >= 0.3 is 6.18 Å². The van der Waals surface area contributed by atoms with Gasteiger partial charge in [-0.15, -0.1) is 0 Å². The van der Waals surface area contributed by atoms with Crippen molar-refractivity contribution in [3.05, 3.63) is 35.4 Å². The fraction of sp³-hybridized carbons (Fsp3) is 0.438. The molecule has 5 heteroatoms. The Bertz CT molecular complexity index is 580. The van der Waals surface area contributed by atoms with Gasteiger partial charge in [0.15, 0.2) is 0 Å². The molecular formula is C16H16F3NO. The van der Waals surface area contributed by atoms with Crippen LogP contribution in [0.25, 0.3) is 0 Å². The molecule has 1 aromatic rings. The number of nitrogens with zero attached hydrogens (tertiary/aromatic N) is 1. The van der Waals surface area contributed by atoms with E-state index < -0.39 is 11.7 Å². The summed E-state index contributed by atoms with van der Waals surface area (Å²) in [6.45, 7) is 4.17. The molecule has 1 amide bonds. The lowest BCUT2D eigenvalue weighted by atomic mass is 9.94. The Morgan fingerprint density at radius 2 is 1.90 bits per heavy atom. The van der Waals surface area contributed by atoms with Crippen LogP contribution in [0, 0.1) is 17.8 Å². The van der Waals surface area contributed by atoms with Crippen LogP contribution in [0.3, 0.4) is 0 Å². The van der Waals surface area contributed by atoms with Crippen molar-refractivity contribution in [3.63, 3.8) is 0 Å². The lowest BCUT2D eigenvalue weighted by molar-refractivity contribution is -0.137. The fourth-order valence-corrected chi connectivity index (χ4v) is 2.73. The van der Waals surface area contributed by atoms with E-state index in [-0.39, 0.29) is 17.9 Å². The lowest BCUT2D eigenvalue weighted by Crippen LogP contribution is -2.30. The molecule has 0 aliphatic carbocycles. The largest absolute Gasteiger partial charge is 0.416 e. The standard InChI is InChI=1S/C16H16F3NO/c1-3-4-14(21)20-10-9-11(2)15(20)12-5-7-13(8-6-12)16(17,18)19/h5-8,11,15H,9-10H2,1-2H3/t11-,15+/m0/s1. The van der Waals surface area contributed by atoms with Crippen LogP contribution in [0.5, 0.6) is 0 Å². The molecule has 1 aliphatic rings. The van der Waals surface area contributed by atoms with Gasteiger partial charge in [-0.1, -0.05) is 25.0 Å². The van der Waals surface area contributed by atoms with Gasteiger partial charge in [0, 0.05) is 6.54 Å². The Labute approximate surface area is 121 Å². The number of carbonyl (C=O) groups is 1. The number of benzene rings is 1. The maximum absolute atomic E-state index is 12.6. The van der Waals surface area contributed by atoms with Crippen LogP contribution < -0.4 is 0 Å². The first-order chi connectivity index (χ1) is 9.84. The number of amides is 1. The average Bonchev–Trinajstić information content (AvgIpc) is 2.80. The van der Waals surface area contributed by atoms with Crippen LogP contribution >= 0.6 is 0 Å². The monoisotopic (exact) mass is 295 g/mol. The van der Waals surface area contributed by atoms with Crippen LogP contribution in [0.15, 0.2) is 24.3 Å². The highest BCUT2D eigenvalue weighted by Gasteiger charge is 2.36. The molecular weight excluding hydrogens is 279 g/mol. The number of carbonyl (C=O) groups excluding carboxylic acids is 1. The van der Waals surface area contributed by atoms with Gasteiger partial charge in [0.25, 0.3) is 5.91 Å². The van der Waals surface area contributed by atoms with E-state index in [9.17, 15) is 18.0 Å². The van der Waals surface area contributed by atoms with Crippen molar-refractivity contribution in [2.45, 2.75) is 32.5 Å². The zero-order valence-corrected chi connectivity index (χ0v) is 11.9. The van der Waals surface area contributed by atoms with Crippen molar-refractivity contribution in [2.75, 3.05) is 6.54 Å². The highest BCUT2D eigenvalue weighted by molar-refractivity contribution is 5.94. The highest BCUT2D eigenvalue weighted by atomic mass is 19.4. The summed E-state index contributed by atoms with van der Waals surface area (Å²) in [5, 5.41) is 0. The topological polar surface area (TPSA) is 20.3 Å². The minimum absolute atomic E-state index is 0.198. The number of rotatable bonds is 1. The Morgan fingerprint density at radius 3 is 2.43 bits per heavy atom. The molecule has 1 aliphatic heterocycles. The smallest absolute Gasteiger partial charge is 0.325 e. The minimum atomic E-state index is -4.34. The summed E-state index contributed by atoms with van der Waals surface area (Å²) in [4.78, 5) is 13.6. The van der Waals surface area contributed by atoms with Crippen molar-refractivity contribution in [2.24, 2.45) is 5.92 Å². The fourth-order valence-electron chi connectivity index (χ4n) is 2.73. The van der Waals surface area contributed by atoms with E-state index in [1.165, 1.54) is 12.1 Å². The molecule has 2 atom stereocenters. The Balaban J connectivity index is 2.29. The molecule has 112 valence electrons. The molecule has 0 N–H and O–H groups in total. The number of alkyl halides is 3. The summed E-state index contributed by atoms with van der Waals surface area (Å²) >= 11 is 0. The first-order valence-corrected chi connectivity index (χ1v) is 6.75. The summed E-state index contributed by atoms with van der Waals surface area (Å²) in [5.41, 5.74) is 0.0439. The molecule has 1 saturated heterocycles. The maximum atomic E-state index is 12.6. The van der Waals surface area contributed by atoms with Gasteiger partial charge < -0.3 is 4.90 Å². The molecule has 0 bridgehead atoms. The molecule has 0 radical (unpaired) electrons. The minimum Gasteiger partial charge on any atom is -0.325 e. The maximum Gasteiger partial charge on any atom is 0.416 e. The van der Waals surface area contributed by atoms with E-state index in [1.807, 2.05) is 6.92 Å². The van der Waals surface area contributed by atoms with Crippen LogP contribution in [0.2, 0.25) is 0 Å². The zero-order chi connectivity index (χ0) is 15.6. The number of hydrogen-bond donors (Lipinski definition) is 0. The Hall–Kier alpha value is -1.96. The Kier molecular flexibility index (Phi) is 4.26. The molecule has 1 heterocycles. The first-order valence-electron chi connectivity index (χ1n) is 6.75. The van der Waals surface area contributed by atoms with E-state index in [0.29, 0.717) is 6.54 Å². The molecule has 2 nitrogen and oxygen atoms in total. The van der Waals surface area contributed by atoms with E-state index >= 15 is 0 Å². The van der Waals surface area contributed by atoms with Crippen molar-refractivity contribution in [1.29, 1.82) is 0 Å². The summed E-state index contributed by atoms with van der Waals surface area (Å²) in [5.74, 6) is 5.00. The molecule has 0 unspecified atom stereocenters. The number of hydrogen-bond acceptors (Lipinski definition) is 1. The van der Waals surface area contributed by atoms with E-state index in [4.69, 9.17) is 0 Å². The van der Waals surface area contributed by atoms with Gasteiger partial charge in [-0.3, -0.25) is 4.79 Å². The zero-order valence-electron chi connectivity index (χ0n) is 11.9. The van der Waals surface area contributed by atoms with Crippen molar-refractivity contribution < 1.29 is 18.0 Å². The van der Waals surface area contributed by atoms with Crippen LogP contribution in [0.4, 0.5) is 13.2 Å². The van der Waals surface area contributed by atoms with Gasteiger partial charge in [0.2, 0.25) is 0 Å². The lowest BCUT2D eigenvalue weighted by Gasteiger charge is -2.26. The third-order valence-corrected chi connectivity index (χ3v) is 3.77. The summed E-state index contributed by atoms with van der Waals surface area (Å²) in [6.07, 6.45) is -3.52. The predicted molar refractivity (Wildman–Crippen MR) is 73.1 cm³/mol. The third kappa shape index (κ3) is 3.21. The van der Waals surface area contributed by atoms with Gasteiger partial charge in [-0.2, -0.15) is 13.2 Å². The molecule has 0 saturated carbocycles. The van der Waals surface area contributed by atoms with Gasteiger partial charge in [0.1, 0.15) is 0 Å². The van der Waals surface area contributed by atoms with E-state index in [2.05, 4.69) is 11.8 Å². The summed E-state index contributed by atoms with van der Waals surface area (Å²) < 4.78 is 37.8. The quantitative estimate of drug-likeness (QED) is 0.724. The van der Waals surface area contributed by atoms with Crippen molar-refractivity contribution >= 4 is 5.91 Å². The molecule has 0 spiro atoms. The second-order valence-electron chi connectivity index (χ2n) is 5.20. The SMILES string of the molecule is CC#CC(=O)N1CC[C@H](C)[C@@H]1c1ccc(C(F)(F)F)cc1. The van der Waals surface area contributed by atoms with Crippen molar-refractivity contribution in [1.82, 2.24) is 4.90 Å². The molecule has 2 rings (SSSR count). The second kappa shape index (κ2) is 5.80. The van der Waals surface area contributed by atoms with Gasteiger partial charge in [-0.05, 0) is 42.9 Å². The molecule has 1 aromatic carbocycles. The van der Waals surface area contributed by atoms with Crippen LogP contribution in [0.1, 0.15) is 37.4 Å². The highest BCUT2D eigenvalue weighted by Crippen LogP contribution is 2.38. The third-order valence-electron chi connectivity index (χ3n) is 3.77. The Morgan fingerprint density at radius 1 is 1.29 bits per heavy atom. The van der Waals surface area contributed by atoms with Crippen molar-refractivity contribution in [3.8, 4) is 11.8 Å². The summed E-state index contributed by atoms with van der Waals surface area (Å²) in [6, 6.07) is 4.83. The normalized spacial score (nSPS) is 21.9. The first kappa shape index (κ1) is 15.4. The molecule has 0 aromatic heterocycles. The second-order valence-corrected chi connectivity index (χ2v) is 5.20. The molecule has 1 fully saturated rings. The molecule has 21 heavy (non-hydrogen) atoms. The number of likely N-dealkylation sites (tertiary alicyclic amines) is 1. The number of halogens is 3. The van der Waals surface area contributed by atoms with Gasteiger partial charge in [0.05, 0.1) is 11.6 Å². The van der Waals surface area contributed by atoms with Crippen LogP contribution in [-0.4, -0.2) is 17.4 Å². The van der Waals surface area contributed by atoms with Crippen LogP contribution in [-0.2, 0) is 11.0 Å². The van der Waals surface area contributed by atoms with E-state index in [0.717, 1.165) is 24.1 Å². The summed E-state index contributed by atoms with van der Waals surface area (Å²) in [7, 11) is 0. The average molecular weight is 295 g/mol. The van der Waals surface area contributed by atoms with Gasteiger partial charge in [-0.25, -0.2) is 0 Å².